The summed E-state index contributed by atoms with van der Waals surface area (Å²) < 4.78 is 4.92. The van der Waals surface area contributed by atoms with Crippen LogP contribution < -0.4 is 10.2 Å². The van der Waals surface area contributed by atoms with Gasteiger partial charge in [-0.15, -0.1) is 0 Å². The van der Waals surface area contributed by atoms with Gasteiger partial charge in [0, 0.05) is 19.2 Å². The Morgan fingerprint density at radius 1 is 1.03 bits per heavy atom. The van der Waals surface area contributed by atoms with Crippen molar-refractivity contribution >= 4 is 17.7 Å². The Labute approximate surface area is 186 Å². The van der Waals surface area contributed by atoms with Crippen molar-refractivity contribution in [2.45, 2.75) is 66.8 Å². The molecule has 0 unspecified atom stereocenters. The molecule has 5 heteroatoms. The maximum Gasteiger partial charge on any atom is 0.407 e. The lowest BCUT2D eigenvalue weighted by Crippen LogP contribution is -2.45. The van der Waals surface area contributed by atoms with Gasteiger partial charge in [0.2, 0.25) is 5.91 Å². The summed E-state index contributed by atoms with van der Waals surface area (Å²) in [5.41, 5.74) is 6.93. The first-order chi connectivity index (χ1) is 14.8. The Kier molecular flexibility index (Phi) is 9.10. The number of unbranched alkanes of at least 4 members (excludes halogenated alkanes) is 1. The minimum atomic E-state index is -0.469. The summed E-state index contributed by atoms with van der Waals surface area (Å²) in [6.07, 6.45) is 2.99. The second-order valence-electron chi connectivity index (χ2n) is 8.09. The summed E-state index contributed by atoms with van der Waals surface area (Å²) >= 11 is 0. The molecule has 0 saturated carbocycles. The molecule has 0 spiro atoms. The van der Waals surface area contributed by atoms with E-state index < -0.39 is 6.09 Å². The van der Waals surface area contributed by atoms with Crippen molar-refractivity contribution in [3.63, 3.8) is 0 Å². The molecule has 0 aliphatic heterocycles. The third-order valence-electron chi connectivity index (χ3n) is 5.54. The van der Waals surface area contributed by atoms with Crippen LogP contribution in [0.5, 0.6) is 0 Å². The highest BCUT2D eigenvalue weighted by Crippen LogP contribution is 2.30. The van der Waals surface area contributed by atoms with Crippen LogP contribution in [0.4, 0.5) is 10.5 Å². The Bertz CT molecular complexity index is 908. The molecule has 0 saturated heterocycles. The molecular formula is C26H36N2O3. The van der Waals surface area contributed by atoms with Gasteiger partial charge in [0.1, 0.15) is 0 Å². The topological polar surface area (TPSA) is 58.6 Å². The number of carbonyl (C=O) groups is 2. The predicted octanol–water partition coefficient (Wildman–Crippen LogP) is 5.80. The van der Waals surface area contributed by atoms with Crippen LogP contribution in [0, 0.1) is 13.8 Å². The van der Waals surface area contributed by atoms with Crippen LogP contribution >= 0.6 is 0 Å². The van der Waals surface area contributed by atoms with Gasteiger partial charge in [0.25, 0.3) is 0 Å². The smallest absolute Gasteiger partial charge is 0.407 e. The molecule has 0 aromatic heterocycles. The molecule has 2 aromatic carbocycles. The second-order valence-corrected chi connectivity index (χ2v) is 8.09. The van der Waals surface area contributed by atoms with E-state index in [-0.39, 0.29) is 11.9 Å². The van der Waals surface area contributed by atoms with Crippen molar-refractivity contribution < 1.29 is 14.3 Å². The molecule has 0 heterocycles. The van der Waals surface area contributed by atoms with Gasteiger partial charge >= 0.3 is 6.09 Å². The van der Waals surface area contributed by atoms with Crippen molar-refractivity contribution in [3.8, 4) is 11.1 Å². The fraction of sp³-hybridized carbons (Fsp3) is 0.462. The Morgan fingerprint density at radius 2 is 1.71 bits per heavy atom. The van der Waals surface area contributed by atoms with E-state index in [1.165, 1.54) is 29.5 Å². The summed E-state index contributed by atoms with van der Waals surface area (Å²) in [5, 5.41) is 2.72. The average Bonchev–Trinajstić information content (AvgIpc) is 2.73. The van der Waals surface area contributed by atoms with E-state index in [0.717, 1.165) is 23.2 Å². The molecular weight excluding hydrogens is 388 g/mol. The zero-order valence-corrected chi connectivity index (χ0v) is 19.7. The average molecular weight is 425 g/mol. The zero-order chi connectivity index (χ0) is 23.0. The number of nitrogens with zero attached hydrogens (tertiary/aromatic N) is 1. The summed E-state index contributed by atoms with van der Waals surface area (Å²) in [7, 11) is 0. The number of amides is 2. The quantitative estimate of drug-likeness (QED) is 0.553. The number of ether oxygens (including phenoxy) is 1. The minimum absolute atomic E-state index is 0.0637. The number of anilines is 1. The molecule has 2 amide bonds. The monoisotopic (exact) mass is 424 g/mol. The van der Waals surface area contributed by atoms with Crippen LogP contribution in [0.1, 0.15) is 57.2 Å². The molecule has 0 bridgehead atoms. The fourth-order valence-corrected chi connectivity index (χ4v) is 3.81. The minimum Gasteiger partial charge on any atom is -0.450 e. The van der Waals surface area contributed by atoms with Gasteiger partial charge in [-0.25, -0.2) is 4.79 Å². The van der Waals surface area contributed by atoms with Crippen LogP contribution in [0.3, 0.4) is 0 Å². The highest BCUT2D eigenvalue weighted by atomic mass is 16.5. The number of hydrogen-bond acceptors (Lipinski definition) is 3. The fourth-order valence-electron chi connectivity index (χ4n) is 3.81. The number of rotatable bonds is 9. The van der Waals surface area contributed by atoms with Crippen molar-refractivity contribution in [3.05, 3.63) is 53.1 Å². The molecule has 5 nitrogen and oxygen atoms in total. The lowest BCUT2D eigenvalue weighted by molar-refractivity contribution is -0.117. The Hall–Kier alpha value is -2.82. The highest BCUT2D eigenvalue weighted by molar-refractivity contribution is 5.93. The Morgan fingerprint density at radius 3 is 2.32 bits per heavy atom. The number of benzene rings is 2. The first-order valence-corrected chi connectivity index (χ1v) is 11.2. The molecule has 168 valence electrons. The van der Waals surface area contributed by atoms with E-state index in [1.807, 2.05) is 19.9 Å². The maximum absolute atomic E-state index is 12.4. The van der Waals surface area contributed by atoms with E-state index in [1.54, 1.807) is 18.7 Å². The maximum atomic E-state index is 12.4. The zero-order valence-electron chi connectivity index (χ0n) is 19.7. The van der Waals surface area contributed by atoms with Crippen molar-refractivity contribution in [2.75, 3.05) is 18.1 Å². The summed E-state index contributed by atoms with van der Waals surface area (Å²) in [6, 6.07) is 12.6. The van der Waals surface area contributed by atoms with Gasteiger partial charge in [0.15, 0.2) is 0 Å². The summed E-state index contributed by atoms with van der Waals surface area (Å²) in [5.74, 6) is -0.0637. The SMILES string of the molecule is CCCCc1cc(-c2ccc(N(C(C)=O)[C@@H](C)CNC(=O)OCC)c(C)c2)ccc1C. The van der Waals surface area contributed by atoms with Gasteiger partial charge in [-0.2, -0.15) is 0 Å². The molecule has 31 heavy (non-hydrogen) atoms. The number of carbonyl (C=O) groups excluding carboxylic acids is 2. The van der Waals surface area contributed by atoms with Crippen LogP contribution in [0.2, 0.25) is 0 Å². The molecule has 0 aliphatic rings. The molecule has 0 radical (unpaired) electrons. The van der Waals surface area contributed by atoms with Crippen molar-refractivity contribution in [1.82, 2.24) is 5.32 Å². The predicted molar refractivity (Wildman–Crippen MR) is 128 cm³/mol. The Balaban J connectivity index is 2.27. The van der Waals surface area contributed by atoms with Crippen LogP contribution in [-0.2, 0) is 16.0 Å². The van der Waals surface area contributed by atoms with Gasteiger partial charge < -0.3 is 15.0 Å². The van der Waals surface area contributed by atoms with E-state index in [9.17, 15) is 9.59 Å². The third kappa shape index (κ3) is 6.58. The third-order valence-corrected chi connectivity index (χ3v) is 5.54. The lowest BCUT2D eigenvalue weighted by Gasteiger charge is -2.30. The van der Waals surface area contributed by atoms with E-state index in [4.69, 9.17) is 4.74 Å². The molecule has 0 fully saturated rings. The standard InChI is InChI=1S/C26H36N2O3/c1-7-9-10-22-16-24(12-11-18(22)3)23-13-14-25(19(4)15-23)28(21(6)29)20(5)17-27-26(30)31-8-2/h11-16,20H,7-10,17H2,1-6H3,(H,27,30)/t20-/m0/s1. The highest BCUT2D eigenvalue weighted by Gasteiger charge is 2.21. The first-order valence-electron chi connectivity index (χ1n) is 11.2. The van der Waals surface area contributed by atoms with E-state index in [0.29, 0.717) is 13.2 Å². The molecule has 2 rings (SSSR count). The number of aryl methyl sites for hydroxylation is 3. The molecule has 1 atom stereocenters. The van der Waals surface area contributed by atoms with Crippen LogP contribution in [-0.4, -0.2) is 31.2 Å². The number of nitrogens with one attached hydrogen (secondary N) is 1. The van der Waals surface area contributed by atoms with Crippen LogP contribution in [0.25, 0.3) is 11.1 Å². The lowest BCUT2D eigenvalue weighted by atomic mass is 9.95. The van der Waals surface area contributed by atoms with Crippen molar-refractivity contribution in [1.29, 1.82) is 0 Å². The second kappa shape index (κ2) is 11.5. The van der Waals surface area contributed by atoms with Gasteiger partial charge in [-0.3, -0.25) is 4.79 Å². The number of alkyl carbamates (subject to hydrolysis) is 1. The van der Waals surface area contributed by atoms with Gasteiger partial charge in [-0.05, 0) is 80.5 Å². The first kappa shape index (κ1) is 24.4. The molecule has 0 aliphatic carbocycles. The number of hydrogen-bond donors (Lipinski definition) is 1. The summed E-state index contributed by atoms with van der Waals surface area (Å²) in [6.45, 7) is 12.3. The van der Waals surface area contributed by atoms with Gasteiger partial charge in [-0.1, -0.05) is 37.6 Å². The molecule has 1 N–H and O–H groups in total. The normalized spacial score (nSPS) is 11.7. The summed E-state index contributed by atoms with van der Waals surface area (Å²) in [4.78, 5) is 25.8. The molecule has 2 aromatic rings. The van der Waals surface area contributed by atoms with Crippen molar-refractivity contribution in [2.24, 2.45) is 0 Å². The van der Waals surface area contributed by atoms with E-state index in [2.05, 4.69) is 49.5 Å². The van der Waals surface area contributed by atoms with E-state index >= 15 is 0 Å². The van der Waals surface area contributed by atoms with Crippen LogP contribution in [0.15, 0.2) is 36.4 Å². The largest absolute Gasteiger partial charge is 0.450 e. The van der Waals surface area contributed by atoms with Gasteiger partial charge in [0.05, 0.1) is 12.6 Å².